The standard InChI is InChI=1S/C8H10F3N.C7H9F3N2.2C7H12N2.C7H11NO.C6H11N3.C6H9NS/c1-5(2)7-6(3-4-12-7)8(9,10)11;1-4(2)6-5(3-11-12-6)7(8,9)10;1-6(2)7-8-4-5-9(7)3;1-5(2)7-6(3)4-8-9-7;1-5(2)7-6(3)4-9-8-7;1-5(2)9-6(3)4-7-8-9;1-5(2)6-7-3-4-8-6/h3,5H,4H2,1-2H3;3-4H,1-2H3,(H,11,12);4-6H,1-3H3;4-5H,1-3H3,(H,8,9);2*4-5H,1-3H3;3-5H,1-2H3. The third-order valence-corrected chi connectivity index (χ3v) is 10.7. The smallest absolute Gasteiger partial charge is 0.364 e. The number of nitrogens with zero attached hydrogens (tertiary/aromatic N) is 10. The van der Waals surface area contributed by atoms with Gasteiger partial charge in [-0.1, -0.05) is 93.5 Å². The maximum Gasteiger partial charge on any atom is 0.419 e. The Morgan fingerprint density at radius 1 is 0.676 bits per heavy atom. The Bertz CT molecular complexity index is 2140. The van der Waals surface area contributed by atoms with Crippen LogP contribution in [0.2, 0.25) is 0 Å². The molecule has 380 valence electrons. The molecule has 0 saturated carbocycles. The Balaban J connectivity index is 0.000000399. The molecule has 0 aromatic carbocycles. The summed E-state index contributed by atoms with van der Waals surface area (Å²) < 4.78 is 81.9. The number of nitrogens with one attached hydrogen (secondary N) is 2. The molecule has 1 aliphatic rings. The van der Waals surface area contributed by atoms with Gasteiger partial charge in [0.1, 0.15) is 12.1 Å². The van der Waals surface area contributed by atoms with Gasteiger partial charge in [-0.3, -0.25) is 15.2 Å². The summed E-state index contributed by atoms with van der Waals surface area (Å²) in [6.45, 7) is 34.3. The van der Waals surface area contributed by atoms with Crippen molar-refractivity contribution < 1.29 is 30.9 Å². The molecule has 2 N–H and O–H groups in total. The Morgan fingerprint density at radius 2 is 1.28 bits per heavy atom. The monoisotopic (exact) mass is 981 g/mol. The zero-order chi connectivity index (χ0) is 52.1. The second kappa shape index (κ2) is 28.8. The van der Waals surface area contributed by atoms with Gasteiger partial charge in [-0.2, -0.15) is 36.5 Å². The van der Waals surface area contributed by atoms with E-state index in [0.717, 1.165) is 35.0 Å². The molecule has 0 unspecified atom stereocenters. The van der Waals surface area contributed by atoms with Gasteiger partial charge in [0.05, 0.1) is 52.7 Å². The molecule has 0 radical (unpaired) electrons. The average Bonchev–Trinajstić information content (AvgIpc) is 4.07. The second-order valence-corrected chi connectivity index (χ2v) is 18.9. The highest BCUT2D eigenvalue weighted by molar-refractivity contribution is 7.09. The number of H-pyrrole nitrogens is 2. The number of halogens is 6. The number of aromatic amines is 2. The van der Waals surface area contributed by atoms with E-state index in [9.17, 15) is 26.3 Å². The van der Waals surface area contributed by atoms with Gasteiger partial charge in [0.2, 0.25) is 0 Å². The van der Waals surface area contributed by atoms with Gasteiger partial charge in [0.15, 0.2) is 0 Å². The summed E-state index contributed by atoms with van der Waals surface area (Å²) in [5.41, 5.74) is 4.92. The van der Waals surface area contributed by atoms with Crippen LogP contribution in [0.25, 0.3) is 0 Å². The Morgan fingerprint density at radius 3 is 1.54 bits per heavy atom. The predicted octanol–water partition coefficient (Wildman–Crippen LogP) is 14.1. The first-order valence-corrected chi connectivity index (χ1v) is 23.5. The molecule has 7 heterocycles. The van der Waals surface area contributed by atoms with Crippen LogP contribution in [-0.4, -0.2) is 73.5 Å². The highest BCUT2D eigenvalue weighted by Crippen LogP contribution is 2.34. The predicted molar refractivity (Wildman–Crippen MR) is 260 cm³/mol. The zero-order valence-corrected chi connectivity index (χ0v) is 43.8. The van der Waals surface area contributed by atoms with E-state index in [1.807, 2.05) is 60.3 Å². The summed E-state index contributed by atoms with van der Waals surface area (Å²) in [5.74, 6) is 2.97. The summed E-state index contributed by atoms with van der Waals surface area (Å²) in [6.07, 6.45) is 4.35. The van der Waals surface area contributed by atoms with E-state index in [1.54, 1.807) is 51.5 Å². The van der Waals surface area contributed by atoms with E-state index in [4.69, 9.17) is 4.52 Å². The van der Waals surface area contributed by atoms with Crippen molar-refractivity contribution in [3.05, 3.63) is 111 Å². The summed E-state index contributed by atoms with van der Waals surface area (Å²) in [5, 5.41) is 27.3. The van der Waals surface area contributed by atoms with Crippen LogP contribution in [0.4, 0.5) is 26.3 Å². The third-order valence-electron chi connectivity index (χ3n) is 9.58. The number of rotatable bonds is 7. The topological polar surface area (TPSA) is 157 Å². The molecule has 0 fully saturated rings. The molecule has 0 spiro atoms. The molecule has 7 rings (SSSR count). The van der Waals surface area contributed by atoms with Crippen molar-refractivity contribution >= 4 is 17.0 Å². The molecule has 0 amide bonds. The lowest BCUT2D eigenvalue weighted by molar-refractivity contribution is -0.138. The molecule has 0 bridgehead atoms. The number of thiazole rings is 1. The van der Waals surface area contributed by atoms with Gasteiger partial charge < -0.3 is 9.09 Å². The van der Waals surface area contributed by atoms with Crippen LogP contribution in [0, 0.1) is 26.7 Å². The van der Waals surface area contributed by atoms with Gasteiger partial charge in [0, 0.05) is 71.6 Å². The molecule has 6 aromatic rings. The Hall–Kier alpha value is -5.40. The van der Waals surface area contributed by atoms with Crippen LogP contribution in [0.1, 0.15) is 183 Å². The summed E-state index contributed by atoms with van der Waals surface area (Å²) >= 11 is 1.72. The van der Waals surface area contributed by atoms with E-state index < -0.39 is 23.5 Å². The van der Waals surface area contributed by atoms with Crippen molar-refractivity contribution in [2.75, 3.05) is 6.54 Å². The molecular weight excluding hydrogens is 907 g/mol. The minimum Gasteiger partial charge on any atom is -0.364 e. The SMILES string of the molecule is CC(C)C1=NCC=C1C(F)(F)F.CC(C)c1[nH]ncc1C(F)(F)F.CC(C)c1nccn1C.CC(C)c1nccs1.Cc1cn[nH]c1C(C)C.Cc1cnnn1C(C)C.Cc1conc1C(C)C. The lowest BCUT2D eigenvalue weighted by Gasteiger charge is -2.12. The van der Waals surface area contributed by atoms with Gasteiger partial charge in [-0.25, -0.2) is 14.6 Å². The quantitative estimate of drug-likeness (QED) is 0.150. The third kappa shape index (κ3) is 20.9. The summed E-state index contributed by atoms with van der Waals surface area (Å²) in [7, 11) is 2.02. The Kier molecular flexibility index (Phi) is 25.7. The second-order valence-electron chi connectivity index (χ2n) is 18.0. The molecule has 0 atom stereocenters. The summed E-state index contributed by atoms with van der Waals surface area (Å²) in [4.78, 5) is 12.1. The minimum absolute atomic E-state index is 0.141. The molecule has 1 aliphatic heterocycles. The summed E-state index contributed by atoms with van der Waals surface area (Å²) in [6, 6.07) is 0.424. The lowest BCUT2D eigenvalue weighted by atomic mass is 10.0. The van der Waals surface area contributed by atoms with Crippen LogP contribution in [0.3, 0.4) is 0 Å². The van der Waals surface area contributed by atoms with Crippen molar-refractivity contribution in [3.8, 4) is 0 Å². The first-order chi connectivity index (χ1) is 31.5. The number of aromatic nitrogens is 11. The number of alkyl halides is 6. The fourth-order valence-corrected chi connectivity index (χ4v) is 6.85. The van der Waals surface area contributed by atoms with Crippen molar-refractivity contribution in [2.24, 2.45) is 18.0 Å². The molecule has 13 nitrogen and oxygen atoms in total. The first-order valence-electron chi connectivity index (χ1n) is 22.6. The molecule has 20 heteroatoms. The van der Waals surface area contributed by atoms with E-state index in [2.05, 4.69) is 127 Å². The molecule has 6 aromatic heterocycles. The van der Waals surface area contributed by atoms with Crippen LogP contribution in [-0.2, 0) is 13.2 Å². The van der Waals surface area contributed by atoms with Crippen LogP contribution >= 0.6 is 11.3 Å². The maximum atomic E-state index is 12.2. The number of hydrogen-bond acceptors (Lipinski definition) is 10. The van der Waals surface area contributed by atoms with Crippen LogP contribution in [0.5, 0.6) is 0 Å². The molecular formula is C48H74F6N12OS. The van der Waals surface area contributed by atoms with E-state index >= 15 is 0 Å². The number of allylic oxidation sites excluding steroid dienone is 1. The molecule has 68 heavy (non-hydrogen) atoms. The lowest BCUT2D eigenvalue weighted by Crippen LogP contribution is -2.21. The van der Waals surface area contributed by atoms with E-state index in [1.165, 1.54) is 16.3 Å². The number of aryl methyl sites for hydroxylation is 4. The van der Waals surface area contributed by atoms with Crippen LogP contribution in [0.15, 0.2) is 70.0 Å². The maximum absolute atomic E-state index is 12.2. The number of hydrogen-bond donors (Lipinski definition) is 2. The van der Waals surface area contributed by atoms with Crippen molar-refractivity contribution in [2.45, 2.75) is 166 Å². The highest BCUT2D eigenvalue weighted by atomic mass is 32.1. The number of aliphatic imine (C=N–C) groups is 1. The Labute approximate surface area is 402 Å². The fourth-order valence-electron chi connectivity index (χ4n) is 6.20. The molecule has 0 aliphatic carbocycles. The van der Waals surface area contributed by atoms with E-state index in [0.29, 0.717) is 29.7 Å². The van der Waals surface area contributed by atoms with Crippen LogP contribution < -0.4 is 0 Å². The van der Waals surface area contributed by atoms with Gasteiger partial charge in [0.25, 0.3) is 0 Å². The largest absolute Gasteiger partial charge is 0.419 e. The number of imidazole rings is 1. The van der Waals surface area contributed by atoms with E-state index in [-0.39, 0.29) is 29.8 Å². The zero-order valence-electron chi connectivity index (χ0n) is 43.0. The normalized spacial score (nSPS) is 12.3. The van der Waals surface area contributed by atoms with Crippen molar-refractivity contribution in [1.29, 1.82) is 0 Å². The fraction of sp³-hybridized carbons (Fsp3) is 0.583. The first kappa shape index (κ1) is 60.6. The average molecular weight is 981 g/mol. The van der Waals surface area contributed by atoms with Gasteiger partial charge >= 0.3 is 12.4 Å². The van der Waals surface area contributed by atoms with Gasteiger partial charge in [-0.15, -0.1) is 16.4 Å². The highest BCUT2D eigenvalue weighted by Gasteiger charge is 2.39. The van der Waals surface area contributed by atoms with Crippen molar-refractivity contribution in [1.82, 2.24) is 55.1 Å². The minimum atomic E-state index is -4.30. The van der Waals surface area contributed by atoms with Gasteiger partial charge in [-0.05, 0) is 69.9 Å². The van der Waals surface area contributed by atoms with Crippen molar-refractivity contribution in [3.63, 3.8) is 0 Å². The molecule has 0 saturated heterocycles.